The highest BCUT2D eigenvalue weighted by molar-refractivity contribution is 6.35. The van der Waals surface area contributed by atoms with Gasteiger partial charge in [-0.25, -0.2) is 0 Å². The largest absolute Gasteiger partial charge is 0.393 e. The van der Waals surface area contributed by atoms with Gasteiger partial charge in [0.1, 0.15) is 0 Å². The molecule has 1 unspecified atom stereocenters. The molecular weight excluding hydrogens is 231 g/mol. The summed E-state index contributed by atoms with van der Waals surface area (Å²) in [5.41, 5.74) is 0.894. The van der Waals surface area contributed by atoms with Crippen LogP contribution in [0.3, 0.4) is 0 Å². The fourth-order valence-corrected chi connectivity index (χ4v) is 1.78. The van der Waals surface area contributed by atoms with E-state index in [1.54, 1.807) is 12.1 Å². The lowest BCUT2D eigenvalue weighted by Gasteiger charge is -2.10. The average molecular weight is 243 g/mol. The summed E-state index contributed by atoms with van der Waals surface area (Å²) in [6.07, 6.45) is 6.35. The predicted octanol–water partition coefficient (Wildman–Crippen LogP) is 3.31. The van der Waals surface area contributed by atoms with Gasteiger partial charge in [-0.3, -0.25) is 0 Å². The Hall–Kier alpha value is -0.680. The Balaban J connectivity index is 2.61. The van der Waals surface area contributed by atoms with Gasteiger partial charge < -0.3 is 5.11 Å². The van der Waals surface area contributed by atoms with Crippen LogP contribution < -0.4 is 0 Å². The van der Waals surface area contributed by atoms with Crippen molar-refractivity contribution in [1.82, 2.24) is 0 Å². The molecule has 0 radical (unpaired) electrons. The molecule has 0 aliphatic carbocycles. The fourth-order valence-electron chi connectivity index (χ4n) is 1.29. The van der Waals surface area contributed by atoms with E-state index in [0.717, 1.165) is 5.56 Å². The minimum atomic E-state index is -0.445. The average Bonchev–Trinajstić information content (AvgIpc) is 2.19. The van der Waals surface area contributed by atoms with Gasteiger partial charge in [-0.2, -0.15) is 0 Å². The van der Waals surface area contributed by atoms with Crippen molar-refractivity contribution in [3.63, 3.8) is 0 Å². The van der Waals surface area contributed by atoms with Crippen LogP contribution in [0.25, 0.3) is 0 Å². The molecule has 1 nitrogen and oxygen atoms in total. The van der Waals surface area contributed by atoms with Crippen molar-refractivity contribution in [1.29, 1.82) is 0 Å². The molecule has 0 amide bonds. The lowest BCUT2D eigenvalue weighted by molar-refractivity contribution is 0.167. The topological polar surface area (TPSA) is 20.2 Å². The summed E-state index contributed by atoms with van der Waals surface area (Å²) >= 11 is 11.7. The van der Waals surface area contributed by atoms with E-state index in [1.807, 2.05) is 6.07 Å². The van der Waals surface area contributed by atoms with E-state index < -0.39 is 6.10 Å². The van der Waals surface area contributed by atoms with E-state index in [1.165, 1.54) is 0 Å². The van der Waals surface area contributed by atoms with Gasteiger partial charge in [0, 0.05) is 16.5 Å². The van der Waals surface area contributed by atoms with Crippen molar-refractivity contribution in [2.45, 2.75) is 25.4 Å². The van der Waals surface area contributed by atoms with Crippen LogP contribution >= 0.6 is 23.2 Å². The second-order valence-electron chi connectivity index (χ2n) is 3.34. The van der Waals surface area contributed by atoms with Crippen LogP contribution in [-0.2, 0) is 6.42 Å². The summed E-state index contributed by atoms with van der Waals surface area (Å²) < 4.78 is 0. The first-order valence-electron chi connectivity index (χ1n) is 4.69. The van der Waals surface area contributed by atoms with Crippen LogP contribution in [-0.4, -0.2) is 11.2 Å². The third-order valence-electron chi connectivity index (χ3n) is 2.09. The number of aliphatic hydroxyl groups excluding tert-OH is 1. The molecule has 0 saturated carbocycles. The third-order valence-corrected chi connectivity index (χ3v) is 2.68. The van der Waals surface area contributed by atoms with E-state index in [2.05, 4.69) is 5.92 Å². The molecule has 80 valence electrons. The summed E-state index contributed by atoms with van der Waals surface area (Å²) in [4.78, 5) is 0. The molecule has 0 spiro atoms. The third kappa shape index (κ3) is 4.13. The molecule has 0 aliphatic rings. The van der Waals surface area contributed by atoms with Gasteiger partial charge in [-0.15, -0.1) is 12.3 Å². The van der Waals surface area contributed by atoms with Gasteiger partial charge in [0.05, 0.1) is 6.10 Å². The van der Waals surface area contributed by atoms with Crippen molar-refractivity contribution >= 4 is 23.2 Å². The summed E-state index contributed by atoms with van der Waals surface area (Å²) in [5, 5.41) is 10.8. The zero-order chi connectivity index (χ0) is 11.3. The summed E-state index contributed by atoms with van der Waals surface area (Å²) in [5.74, 6) is 2.49. The zero-order valence-electron chi connectivity index (χ0n) is 8.21. The van der Waals surface area contributed by atoms with Crippen LogP contribution in [0.4, 0.5) is 0 Å². The second-order valence-corrected chi connectivity index (χ2v) is 4.18. The highest BCUT2D eigenvalue weighted by Gasteiger charge is 2.08. The van der Waals surface area contributed by atoms with Crippen molar-refractivity contribution in [3.05, 3.63) is 33.8 Å². The highest BCUT2D eigenvalue weighted by Crippen LogP contribution is 2.22. The normalized spacial score (nSPS) is 12.1. The molecule has 0 saturated heterocycles. The van der Waals surface area contributed by atoms with Gasteiger partial charge in [0.2, 0.25) is 0 Å². The molecule has 0 aliphatic heterocycles. The van der Waals surface area contributed by atoms with Crippen molar-refractivity contribution in [3.8, 4) is 12.3 Å². The van der Waals surface area contributed by atoms with Crippen LogP contribution in [0.15, 0.2) is 18.2 Å². The number of hydrogen-bond donors (Lipinski definition) is 1. The minimum Gasteiger partial charge on any atom is -0.393 e. The van der Waals surface area contributed by atoms with E-state index in [-0.39, 0.29) is 0 Å². The van der Waals surface area contributed by atoms with E-state index in [0.29, 0.717) is 29.3 Å². The van der Waals surface area contributed by atoms with Gasteiger partial charge in [-0.1, -0.05) is 29.3 Å². The molecule has 1 aromatic rings. The maximum Gasteiger partial charge on any atom is 0.0590 e. The SMILES string of the molecule is C#CCCC(O)Cc1ccc(Cl)cc1Cl. The smallest absolute Gasteiger partial charge is 0.0590 e. The first-order chi connectivity index (χ1) is 7.13. The molecule has 0 fully saturated rings. The van der Waals surface area contributed by atoms with Crippen LogP contribution in [0.2, 0.25) is 10.0 Å². The molecule has 1 atom stereocenters. The standard InChI is InChI=1S/C12H12Cl2O/c1-2-3-4-11(15)7-9-5-6-10(13)8-12(9)14/h1,5-6,8,11,15H,3-4,7H2. The van der Waals surface area contributed by atoms with E-state index >= 15 is 0 Å². The summed E-state index contributed by atoms with van der Waals surface area (Å²) in [7, 11) is 0. The number of aliphatic hydroxyl groups is 1. The maximum absolute atomic E-state index is 9.64. The molecule has 0 aromatic heterocycles. The fraction of sp³-hybridized carbons (Fsp3) is 0.333. The molecular formula is C12H12Cl2O. The monoisotopic (exact) mass is 242 g/mol. The molecule has 15 heavy (non-hydrogen) atoms. The Morgan fingerprint density at radius 1 is 1.40 bits per heavy atom. The predicted molar refractivity (Wildman–Crippen MR) is 64.2 cm³/mol. The summed E-state index contributed by atoms with van der Waals surface area (Å²) in [6, 6.07) is 5.26. The van der Waals surface area contributed by atoms with E-state index in [4.69, 9.17) is 29.6 Å². The van der Waals surface area contributed by atoms with Crippen molar-refractivity contribution in [2.75, 3.05) is 0 Å². The lowest BCUT2D eigenvalue weighted by atomic mass is 10.0. The number of terminal acetylenes is 1. The van der Waals surface area contributed by atoms with Gasteiger partial charge in [0.25, 0.3) is 0 Å². The lowest BCUT2D eigenvalue weighted by Crippen LogP contribution is -2.10. The second kappa shape index (κ2) is 6.02. The van der Waals surface area contributed by atoms with E-state index in [9.17, 15) is 5.11 Å². The Labute approximate surface area is 100 Å². The van der Waals surface area contributed by atoms with Crippen molar-refractivity contribution < 1.29 is 5.11 Å². The Bertz CT molecular complexity index is 368. The molecule has 0 heterocycles. The zero-order valence-corrected chi connectivity index (χ0v) is 9.72. The minimum absolute atomic E-state index is 0.445. The molecule has 3 heteroatoms. The number of halogens is 2. The Kier molecular flexibility index (Phi) is 4.98. The van der Waals surface area contributed by atoms with Gasteiger partial charge in [0.15, 0.2) is 0 Å². The number of benzene rings is 1. The quantitative estimate of drug-likeness (QED) is 0.804. The van der Waals surface area contributed by atoms with Crippen LogP contribution in [0.1, 0.15) is 18.4 Å². The molecule has 0 bridgehead atoms. The van der Waals surface area contributed by atoms with Crippen molar-refractivity contribution in [2.24, 2.45) is 0 Å². The molecule has 1 N–H and O–H groups in total. The van der Waals surface area contributed by atoms with Gasteiger partial charge in [-0.05, 0) is 30.5 Å². The highest BCUT2D eigenvalue weighted by atomic mass is 35.5. The number of rotatable bonds is 4. The van der Waals surface area contributed by atoms with Gasteiger partial charge >= 0.3 is 0 Å². The first-order valence-corrected chi connectivity index (χ1v) is 5.44. The first kappa shape index (κ1) is 12.4. The number of hydrogen-bond acceptors (Lipinski definition) is 1. The Morgan fingerprint density at radius 2 is 2.13 bits per heavy atom. The van der Waals surface area contributed by atoms with Crippen LogP contribution in [0.5, 0.6) is 0 Å². The molecule has 1 rings (SSSR count). The molecule has 1 aromatic carbocycles. The summed E-state index contributed by atoms with van der Waals surface area (Å²) in [6.45, 7) is 0. The Morgan fingerprint density at radius 3 is 2.73 bits per heavy atom. The maximum atomic E-state index is 9.64. The van der Waals surface area contributed by atoms with Crippen LogP contribution in [0, 0.1) is 12.3 Å².